The van der Waals surface area contributed by atoms with Crippen LogP contribution >= 0.6 is 0 Å². The minimum absolute atomic E-state index is 0.164. The molecule has 230 valence electrons. The summed E-state index contributed by atoms with van der Waals surface area (Å²) in [4.78, 5) is 39.6. The summed E-state index contributed by atoms with van der Waals surface area (Å²) in [7, 11) is 0. The molecule has 4 aliphatic rings. The van der Waals surface area contributed by atoms with Gasteiger partial charge in [-0.25, -0.2) is 37.2 Å². The van der Waals surface area contributed by atoms with Crippen LogP contribution in [0.4, 0.5) is 17.6 Å². The lowest BCUT2D eigenvalue weighted by Crippen LogP contribution is -2.38. The van der Waals surface area contributed by atoms with Crippen LogP contribution in [0.3, 0.4) is 0 Å². The maximum Gasteiger partial charge on any atom is 0.289 e. The molecule has 4 saturated carbocycles. The average molecular weight is 603 g/mol. The third-order valence-electron chi connectivity index (χ3n) is 9.27. The third kappa shape index (κ3) is 6.23. The van der Waals surface area contributed by atoms with Crippen LogP contribution in [0.1, 0.15) is 98.3 Å². The first kappa shape index (κ1) is 28.2. The third-order valence-corrected chi connectivity index (χ3v) is 9.27. The van der Waals surface area contributed by atoms with Crippen LogP contribution in [0.2, 0.25) is 0 Å². The zero-order valence-electron chi connectivity index (χ0n) is 23.6. The quantitative estimate of drug-likeness (QED) is 0.309. The molecule has 2 amide bonds. The number of alkyl halides is 4. The molecule has 1 unspecified atom stereocenters. The van der Waals surface area contributed by atoms with Crippen LogP contribution in [0.5, 0.6) is 0 Å². The van der Waals surface area contributed by atoms with Crippen molar-refractivity contribution in [2.75, 3.05) is 0 Å². The largest absolute Gasteiger partial charge is 0.347 e. The van der Waals surface area contributed by atoms with Crippen molar-refractivity contribution in [3.8, 4) is 0 Å². The van der Waals surface area contributed by atoms with Crippen LogP contribution in [-0.4, -0.2) is 52.8 Å². The van der Waals surface area contributed by atoms with E-state index in [1.807, 2.05) is 0 Å². The number of fused-ring (bicyclic) bond motifs is 1. The Labute approximate surface area is 245 Å². The molecule has 0 radical (unpaired) electrons. The zero-order valence-corrected chi connectivity index (χ0v) is 23.6. The Morgan fingerprint density at radius 2 is 1.63 bits per heavy atom. The molecule has 2 N–H and O–H groups in total. The van der Waals surface area contributed by atoms with Crippen molar-refractivity contribution in [3.63, 3.8) is 0 Å². The number of amides is 2. The van der Waals surface area contributed by atoms with Crippen molar-refractivity contribution in [2.24, 2.45) is 23.7 Å². The lowest BCUT2D eigenvalue weighted by atomic mass is 9.81. The minimum Gasteiger partial charge on any atom is -0.347 e. The Kier molecular flexibility index (Phi) is 6.92. The number of nitrogens with one attached hydrogen (secondary N) is 2. The molecule has 0 aliphatic heterocycles. The van der Waals surface area contributed by atoms with Gasteiger partial charge in [0.15, 0.2) is 0 Å². The van der Waals surface area contributed by atoms with Crippen molar-refractivity contribution >= 4 is 17.6 Å². The number of hydrogen-bond acceptors (Lipinski definition) is 6. The Balaban J connectivity index is 1.13. The molecule has 0 aromatic carbocycles. The van der Waals surface area contributed by atoms with Crippen molar-refractivity contribution in [1.29, 1.82) is 0 Å². The van der Waals surface area contributed by atoms with Gasteiger partial charge < -0.3 is 10.6 Å². The monoisotopic (exact) mass is 602 g/mol. The van der Waals surface area contributed by atoms with E-state index in [1.165, 1.54) is 6.33 Å². The van der Waals surface area contributed by atoms with E-state index in [1.54, 1.807) is 27.5 Å². The van der Waals surface area contributed by atoms with Crippen LogP contribution in [0.15, 0.2) is 24.8 Å². The highest BCUT2D eigenvalue weighted by atomic mass is 19.3. The highest BCUT2D eigenvalue weighted by Gasteiger charge is 2.57. The predicted octanol–water partition coefficient (Wildman–Crippen LogP) is 4.64. The Morgan fingerprint density at radius 1 is 0.953 bits per heavy atom. The summed E-state index contributed by atoms with van der Waals surface area (Å²) in [6.45, 7) is 0.603. The van der Waals surface area contributed by atoms with Crippen LogP contribution in [-0.2, 0) is 11.3 Å². The van der Waals surface area contributed by atoms with Crippen LogP contribution in [0.25, 0.3) is 5.78 Å². The molecule has 3 aromatic heterocycles. The SMILES string of the molecule is O=C(C[C@@H]1CC1(F)F)NC(c1ccn2cc([C@@H](NC(=O)c3ncnn3CC3CC3)C3CCC(F)(F)CC3)nc2n1)C1CC1. The van der Waals surface area contributed by atoms with Gasteiger partial charge in [0, 0.05) is 50.5 Å². The number of carbonyl (C=O) groups is 2. The fraction of sp³-hybridized carbons (Fsp3) is 0.655. The number of hydrogen-bond donors (Lipinski definition) is 2. The molecule has 7 rings (SSSR count). The molecule has 0 saturated heterocycles. The highest BCUT2D eigenvalue weighted by Crippen LogP contribution is 2.51. The molecule has 43 heavy (non-hydrogen) atoms. The fourth-order valence-corrected chi connectivity index (χ4v) is 6.19. The number of nitrogens with zero attached hydrogens (tertiary/aromatic N) is 6. The standard InChI is InChI=1S/C29H34F4N8O2/c30-28(31)8-5-18(6-9-28)24(39-26(43)25-34-15-35-41(25)13-16-1-2-16)21-14-40-10-7-20(36-27(40)37-21)23(17-3-4-17)38-22(42)11-19-12-29(19,32)33/h7,10,14-19,23-24H,1-6,8-9,11-13H2,(H,38,42)(H,39,43)/t19-,23?,24+/m1/s1. The molecule has 10 nitrogen and oxygen atoms in total. The molecule has 14 heteroatoms. The van der Waals surface area contributed by atoms with Gasteiger partial charge in [-0.15, -0.1) is 0 Å². The number of imidazole rings is 1. The van der Waals surface area contributed by atoms with Gasteiger partial charge in [-0.2, -0.15) is 5.10 Å². The predicted molar refractivity (Wildman–Crippen MR) is 144 cm³/mol. The first-order chi connectivity index (χ1) is 20.5. The molecule has 3 atom stereocenters. The first-order valence-electron chi connectivity index (χ1n) is 15.1. The molecule has 3 aromatic rings. The summed E-state index contributed by atoms with van der Waals surface area (Å²) < 4.78 is 58.1. The van der Waals surface area contributed by atoms with Gasteiger partial charge in [-0.1, -0.05) is 0 Å². The van der Waals surface area contributed by atoms with E-state index in [0.717, 1.165) is 25.7 Å². The smallest absolute Gasteiger partial charge is 0.289 e. The Morgan fingerprint density at radius 3 is 2.30 bits per heavy atom. The lowest BCUT2D eigenvalue weighted by molar-refractivity contribution is -0.123. The van der Waals surface area contributed by atoms with E-state index in [-0.39, 0.29) is 56.2 Å². The highest BCUT2D eigenvalue weighted by molar-refractivity contribution is 5.90. The van der Waals surface area contributed by atoms with E-state index < -0.39 is 41.7 Å². The molecule has 0 spiro atoms. The maximum atomic E-state index is 14.1. The second-order valence-electron chi connectivity index (χ2n) is 12.8. The van der Waals surface area contributed by atoms with E-state index in [2.05, 4.69) is 20.7 Å². The molecular formula is C29H34F4N8O2. The molecular weight excluding hydrogens is 568 g/mol. The summed E-state index contributed by atoms with van der Waals surface area (Å²) in [5, 5.41) is 10.1. The maximum absolute atomic E-state index is 14.1. The topological polar surface area (TPSA) is 119 Å². The van der Waals surface area contributed by atoms with Gasteiger partial charge in [0.05, 0.1) is 23.5 Å². The zero-order chi connectivity index (χ0) is 29.9. The van der Waals surface area contributed by atoms with Crippen molar-refractivity contribution in [1.82, 2.24) is 39.8 Å². The summed E-state index contributed by atoms with van der Waals surface area (Å²) in [6, 6.07) is 0.695. The second-order valence-corrected chi connectivity index (χ2v) is 12.8. The van der Waals surface area contributed by atoms with Crippen molar-refractivity contribution in [3.05, 3.63) is 42.0 Å². The molecule has 3 heterocycles. The molecule has 4 aliphatic carbocycles. The normalized spacial score (nSPS) is 24.4. The van der Waals surface area contributed by atoms with Gasteiger partial charge in [0.25, 0.3) is 11.8 Å². The lowest BCUT2D eigenvalue weighted by Gasteiger charge is -2.33. The number of aromatic nitrogens is 6. The van der Waals surface area contributed by atoms with Crippen molar-refractivity contribution < 1.29 is 27.2 Å². The van der Waals surface area contributed by atoms with Crippen LogP contribution in [0, 0.1) is 23.7 Å². The first-order valence-corrected chi connectivity index (χ1v) is 15.1. The van der Waals surface area contributed by atoms with Crippen LogP contribution < -0.4 is 10.6 Å². The number of carbonyl (C=O) groups excluding carboxylic acids is 2. The van der Waals surface area contributed by atoms with Gasteiger partial charge in [0.2, 0.25) is 23.4 Å². The summed E-state index contributed by atoms with van der Waals surface area (Å²) >= 11 is 0. The summed E-state index contributed by atoms with van der Waals surface area (Å²) in [6.07, 6.45) is 8.19. The van der Waals surface area contributed by atoms with Crippen molar-refractivity contribution in [2.45, 2.75) is 94.7 Å². The average Bonchev–Trinajstić information content (AvgIpc) is 3.91. The van der Waals surface area contributed by atoms with E-state index in [0.29, 0.717) is 29.6 Å². The van der Waals surface area contributed by atoms with Gasteiger partial charge in [-0.05, 0) is 62.3 Å². The molecule has 4 fully saturated rings. The number of halogens is 4. The minimum atomic E-state index is -2.76. The van der Waals surface area contributed by atoms with E-state index >= 15 is 0 Å². The summed E-state index contributed by atoms with van der Waals surface area (Å²) in [5.41, 5.74) is 1.07. The van der Waals surface area contributed by atoms with E-state index in [9.17, 15) is 27.2 Å². The molecule has 0 bridgehead atoms. The number of rotatable bonds is 11. The van der Waals surface area contributed by atoms with E-state index in [4.69, 9.17) is 9.97 Å². The van der Waals surface area contributed by atoms with Gasteiger partial charge >= 0.3 is 0 Å². The Bertz CT molecular complexity index is 1520. The summed E-state index contributed by atoms with van der Waals surface area (Å²) in [5.74, 6) is -6.39. The van der Waals surface area contributed by atoms with Gasteiger partial charge in [-0.3, -0.25) is 14.0 Å². The second kappa shape index (κ2) is 10.5. The van der Waals surface area contributed by atoms with Gasteiger partial charge in [0.1, 0.15) is 6.33 Å². The Hall–Kier alpha value is -3.58. The fourth-order valence-electron chi connectivity index (χ4n) is 6.19.